The SMILES string of the molecule is CC(NCc1ccc(O)c(Br)c1)c1ccc(F)cc1F. The third-order valence-corrected chi connectivity index (χ3v) is 3.69. The van der Waals surface area contributed by atoms with E-state index in [1.54, 1.807) is 18.2 Å². The molecular weight excluding hydrogens is 328 g/mol. The van der Waals surface area contributed by atoms with Gasteiger partial charge in [-0.3, -0.25) is 0 Å². The standard InChI is InChI=1S/C15H14BrF2NO/c1-9(12-4-3-11(17)7-14(12)18)19-8-10-2-5-15(20)13(16)6-10/h2-7,9,19-20H,8H2,1H3. The lowest BCUT2D eigenvalue weighted by atomic mass is 10.1. The van der Waals surface area contributed by atoms with Gasteiger partial charge in [0, 0.05) is 24.2 Å². The number of rotatable bonds is 4. The second kappa shape index (κ2) is 6.33. The highest BCUT2D eigenvalue weighted by Gasteiger charge is 2.11. The summed E-state index contributed by atoms with van der Waals surface area (Å²) in [4.78, 5) is 0. The van der Waals surface area contributed by atoms with Crippen LogP contribution < -0.4 is 5.32 Å². The van der Waals surface area contributed by atoms with E-state index in [1.165, 1.54) is 12.1 Å². The zero-order valence-electron chi connectivity index (χ0n) is 10.8. The maximum absolute atomic E-state index is 13.6. The van der Waals surface area contributed by atoms with Crippen LogP contribution >= 0.6 is 15.9 Å². The van der Waals surface area contributed by atoms with Gasteiger partial charge in [0.15, 0.2) is 0 Å². The minimum Gasteiger partial charge on any atom is -0.507 e. The molecule has 0 heterocycles. The van der Waals surface area contributed by atoms with Gasteiger partial charge in [0.2, 0.25) is 0 Å². The Bertz CT molecular complexity index is 619. The van der Waals surface area contributed by atoms with Gasteiger partial charge >= 0.3 is 0 Å². The molecule has 2 nitrogen and oxygen atoms in total. The van der Waals surface area contributed by atoms with Gasteiger partial charge in [0.05, 0.1) is 4.47 Å². The fourth-order valence-electron chi connectivity index (χ4n) is 1.89. The smallest absolute Gasteiger partial charge is 0.130 e. The predicted molar refractivity (Wildman–Crippen MR) is 77.4 cm³/mol. The monoisotopic (exact) mass is 341 g/mol. The molecule has 0 saturated carbocycles. The number of phenolic OH excluding ortho intramolecular Hbond substituents is 1. The Balaban J connectivity index is 2.04. The van der Waals surface area contributed by atoms with E-state index in [0.717, 1.165) is 11.6 Å². The fourth-order valence-corrected chi connectivity index (χ4v) is 2.32. The molecule has 0 aliphatic rings. The average Bonchev–Trinajstić information content (AvgIpc) is 2.40. The molecular formula is C15H14BrF2NO. The van der Waals surface area contributed by atoms with Gasteiger partial charge in [0.1, 0.15) is 17.4 Å². The first-order chi connectivity index (χ1) is 9.47. The Hall–Kier alpha value is -1.46. The number of nitrogens with one attached hydrogen (secondary N) is 1. The second-order valence-corrected chi connectivity index (χ2v) is 5.41. The van der Waals surface area contributed by atoms with E-state index in [1.807, 2.05) is 6.92 Å². The number of hydrogen-bond acceptors (Lipinski definition) is 2. The predicted octanol–water partition coefficient (Wildman–Crippen LogP) is 4.28. The summed E-state index contributed by atoms with van der Waals surface area (Å²) in [5.41, 5.74) is 1.37. The van der Waals surface area contributed by atoms with Crippen molar-refractivity contribution in [2.45, 2.75) is 19.5 Å². The third kappa shape index (κ3) is 3.55. The molecule has 0 bridgehead atoms. The Labute approximate surface area is 124 Å². The van der Waals surface area contributed by atoms with E-state index in [2.05, 4.69) is 21.2 Å². The summed E-state index contributed by atoms with van der Waals surface area (Å²) in [6, 6.07) is 8.47. The Kier molecular flexibility index (Phi) is 4.73. The van der Waals surface area contributed by atoms with Crippen LogP contribution in [0.15, 0.2) is 40.9 Å². The highest BCUT2D eigenvalue weighted by molar-refractivity contribution is 9.10. The molecule has 2 rings (SSSR count). The second-order valence-electron chi connectivity index (χ2n) is 4.55. The summed E-state index contributed by atoms with van der Waals surface area (Å²) < 4.78 is 27.1. The summed E-state index contributed by atoms with van der Waals surface area (Å²) in [5.74, 6) is -0.968. The molecule has 0 aromatic heterocycles. The first-order valence-corrected chi connectivity index (χ1v) is 6.92. The molecule has 0 spiro atoms. The quantitative estimate of drug-likeness (QED) is 0.869. The van der Waals surface area contributed by atoms with E-state index >= 15 is 0 Å². The molecule has 2 aromatic rings. The van der Waals surface area contributed by atoms with Crippen LogP contribution in [0, 0.1) is 11.6 Å². The van der Waals surface area contributed by atoms with Crippen LogP contribution in [0.2, 0.25) is 0 Å². The minimum absolute atomic E-state index is 0.173. The van der Waals surface area contributed by atoms with Gasteiger partial charge < -0.3 is 10.4 Å². The molecule has 2 aromatic carbocycles. The van der Waals surface area contributed by atoms with Crippen molar-refractivity contribution in [3.63, 3.8) is 0 Å². The zero-order chi connectivity index (χ0) is 14.7. The van der Waals surface area contributed by atoms with E-state index in [4.69, 9.17) is 0 Å². The van der Waals surface area contributed by atoms with Crippen LogP contribution in [0.4, 0.5) is 8.78 Å². The van der Waals surface area contributed by atoms with Crippen molar-refractivity contribution in [2.24, 2.45) is 0 Å². The van der Waals surface area contributed by atoms with Gasteiger partial charge in [-0.25, -0.2) is 8.78 Å². The Morgan fingerprint density at radius 2 is 1.95 bits per heavy atom. The molecule has 0 aliphatic carbocycles. The highest BCUT2D eigenvalue weighted by Crippen LogP contribution is 2.25. The fraction of sp³-hybridized carbons (Fsp3) is 0.200. The zero-order valence-corrected chi connectivity index (χ0v) is 12.4. The lowest BCUT2D eigenvalue weighted by Gasteiger charge is -2.15. The van der Waals surface area contributed by atoms with Crippen LogP contribution in [-0.4, -0.2) is 5.11 Å². The van der Waals surface area contributed by atoms with Gasteiger partial charge in [-0.1, -0.05) is 12.1 Å². The van der Waals surface area contributed by atoms with Crippen molar-refractivity contribution in [1.82, 2.24) is 5.32 Å². The lowest BCUT2D eigenvalue weighted by molar-refractivity contribution is 0.471. The first kappa shape index (κ1) is 14.9. The van der Waals surface area contributed by atoms with Crippen LogP contribution in [-0.2, 0) is 6.54 Å². The van der Waals surface area contributed by atoms with Crippen LogP contribution in [0.1, 0.15) is 24.1 Å². The maximum Gasteiger partial charge on any atom is 0.130 e. The van der Waals surface area contributed by atoms with Crippen molar-refractivity contribution >= 4 is 15.9 Å². The number of phenols is 1. The summed E-state index contributed by atoms with van der Waals surface area (Å²) in [5, 5.41) is 12.6. The third-order valence-electron chi connectivity index (χ3n) is 3.05. The van der Waals surface area contributed by atoms with Crippen molar-refractivity contribution in [1.29, 1.82) is 0 Å². The molecule has 20 heavy (non-hydrogen) atoms. The molecule has 1 atom stereocenters. The van der Waals surface area contributed by atoms with E-state index in [0.29, 0.717) is 16.6 Å². The molecule has 0 saturated heterocycles. The largest absolute Gasteiger partial charge is 0.507 e. The molecule has 106 valence electrons. The molecule has 0 fully saturated rings. The summed E-state index contributed by atoms with van der Waals surface area (Å²) in [7, 11) is 0. The number of benzene rings is 2. The average molecular weight is 342 g/mol. The first-order valence-electron chi connectivity index (χ1n) is 6.13. The normalized spacial score (nSPS) is 12.4. The Morgan fingerprint density at radius 3 is 2.60 bits per heavy atom. The minimum atomic E-state index is -0.582. The molecule has 5 heteroatoms. The molecule has 0 radical (unpaired) electrons. The van der Waals surface area contributed by atoms with Gasteiger partial charge in [-0.2, -0.15) is 0 Å². The van der Waals surface area contributed by atoms with Gasteiger partial charge in [-0.15, -0.1) is 0 Å². The molecule has 0 aliphatic heterocycles. The van der Waals surface area contributed by atoms with Crippen LogP contribution in [0.25, 0.3) is 0 Å². The lowest BCUT2D eigenvalue weighted by Crippen LogP contribution is -2.19. The van der Waals surface area contributed by atoms with E-state index < -0.39 is 11.6 Å². The summed E-state index contributed by atoms with van der Waals surface area (Å²) >= 11 is 3.24. The maximum atomic E-state index is 13.6. The van der Waals surface area contributed by atoms with E-state index in [9.17, 15) is 13.9 Å². The van der Waals surface area contributed by atoms with Gasteiger partial charge in [0.25, 0.3) is 0 Å². The van der Waals surface area contributed by atoms with Crippen molar-refractivity contribution in [3.8, 4) is 5.75 Å². The number of halogens is 3. The summed E-state index contributed by atoms with van der Waals surface area (Å²) in [6.45, 7) is 2.32. The van der Waals surface area contributed by atoms with E-state index in [-0.39, 0.29) is 11.8 Å². The Morgan fingerprint density at radius 1 is 1.20 bits per heavy atom. The molecule has 1 unspecified atom stereocenters. The van der Waals surface area contributed by atoms with Crippen molar-refractivity contribution in [2.75, 3.05) is 0 Å². The van der Waals surface area contributed by atoms with Crippen molar-refractivity contribution in [3.05, 3.63) is 63.6 Å². The van der Waals surface area contributed by atoms with Crippen LogP contribution in [0.3, 0.4) is 0 Å². The number of hydrogen-bond donors (Lipinski definition) is 2. The molecule has 2 N–H and O–H groups in total. The van der Waals surface area contributed by atoms with Gasteiger partial charge in [-0.05, 0) is 46.6 Å². The highest BCUT2D eigenvalue weighted by atomic mass is 79.9. The van der Waals surface area contributed by atoms with Crippen LogP contribution in [0.5, 0.6) is 5.75 Å². The summed E-state index contributed by atoms with van der Waals surface area (Å²) in [6.07, 6.45) is 0. The topological polar surface area (TPSA) is 32.3 Å². The number of aromatic hydroxyl groups is 1. The van der Waals surface area contributed by atoms with Crippen molar-refractivity contribution < 1.29 is 13.9 Å². The molecule has 0 amide bonds.